The lowest BCUT2D eigenvalue weighted by Crippen LogP contribution is -2.32. The lowest BCUT2D eigenvalue weighted by Gasteiger charge is -2.22. The number of nitrogens with two attached hydrogens (primary N) is 1. The van der Waals surface area contributed by atoms with Gasteiger partial charge in [-0.05, 0) is 14.0 Å². The minimum Gasteiger partial charge on any atom is -0.383 e. The summed E-state index contributed by atoms with van der Waals surface area (Å²) in [5.74, 6) is 0. The molecule has 1 heterocycles. The van der Waals surface area contributed by atoms with Gasteiger partial charge in [-0.2, -0.15) is 0 Å². The van der Waals surface area contributed by atoms with Crippen LogP contribution in [-0.4, -0.2) is 36.7 Å². The van der Waals surface area contributed by atoms with E-state index in [1.54, 1.807) is 18.4 Å². The number of aromatic nitrogens is 1. The molecule has 0 spiro atoms. The molecule has 4 nitrogen and oxygen atoms in total. The third kappa shape index (κ3) is 3.87. The van der Waals surface area contributed by atoms with Crippen molar-refractivity contribution in [2.75, 3.05) is 20.8 Å². The predicted octanol–water partition coefficient (Wildman–Crippen LogP) is 1.07. The quantitative estimate of drug-likeness (QED) is 0.793. The Balaban J connectivity index is 2.46. The van der Waals surface area contributed by atoms with Gasteiger partial charge in [0.2, 0.25) is 0 Å². The van der Waals surface area contributed by atoms with Crippen LogP contribution in [0.4, 0.5) is 0 Å². The SMILES string of the molecule is COCC(C)N(C)Cc1csc(CN)n1. The summed E-state index contributed by atoms with van der Waals surface area (Å²) >= 11 is 1.62. The first-order chi connectivity index (χ1) is 7.17. The van der Waals surface area contributed by atoms with Crippen molar-refractivity contribution in [3.8, 4) is 0 Å². The van der Waals surface area contributed by atoms with Crippen LogP contribution < -0.4 is 5.73 Å². The van der Waals surface area contributed by atoms with Crippen LogP contribution in [0.15, 0.2) is 5.38 Å². The molecule has 0 aliphatic heterocycles. The van der Waals surface area contributed by atoms with Gasteiger partial charge in [-0.1, -0.05) is 0 Å². The van der Waals surface area contributed by atoms with Crippen LogP contribution in [0, 0.1) is 0 Å². The molecule has 0 bridgehead atoms. The monoisotopic (exact) mass is 229 g/mol. The van der Waals surface area contributed by atoms with Gasteiger partial charge in [-0.25, -0.2) is 4.98 Å². The van der Waals surface area contributed by atoms with Gasteiger partial charge in [-0.15, -0.1) is 11.3 Å². The summed E-state index contributed by atoms with van der Waals surface area (Å²) in [7, 11) is 3.80. The van der Waals surface area contributed by atoms with Crippen molar-refractivity contribution >= 4 is 11.3 Å². The molecule has 1 aromatic rings. The van der Waals surface area contributed by atoms with Gasteiger partial charge in [0.15, 0.2) is 0 Å². The highest BCUT2D eigenvalue weighted by Gasteiger charge is 2.10. The van der Waals surface area contributed by atoms with Crippen molar-refractivity contribution in [2.24, 2.45) is 5.73 Å². The molecule has 1 rings (SSSR count). The summed E-state index contributed by atoms with van der Waals surface area (Å²) in [4.78, 5) is 6.64. The molecule has 0 saturated carbocycles. The van der Waals surface area contributed by atoms with Crippen molar-refractivity contribution < 1.29 is 4.74 Å². The van der Waals surface area contributed by atoms with Crippen LogP contribution >= 0.6 is 11.3 Å². The number of likely N-dealkylation sites (N-methyl/N-ethyl adjacent to an activating group) is 1. The molecule has 5 heteroatoms. The summed E-state index contributed by atoms with van der Waals surface area (Å²) < 4.78 is 5.11. The third-order valence-electron chi connectivity index (χ3n) is 2.35. The first-order valence-electron chi connectivity index (χ1n) is 5.00. The Bertz CT molecular complexity index is 290. The Kier molecular flexibility index (Phi) is 5.17. The standard InChI is InChI=1S/C10H19N3OS/c1-8(6-14-3)13(2)5-9-7-15-10(4-11)12-9/h7-8H,4-6,11H2,1-3H3. The van der Waals surface area contributed by atoms with Gasteiger partial charge < -0.3 is 10.5 Å². The number of thiazole rings is 1. The van der Waals surface area contributed by atoms with Gasteiger partial charge in [0, 0.05) is 31.6 Å². The van der Waals surface area contributed by atoms with Crippen LogP contribution in [0.3, 0.4) is 0 Å². The van der Waals surface area contributed by atoms with Crippen LogP contribution in [0.5, 0.6) is 0 Å². The minimum absolute atomic E-state index is 0.401. The van der Waals surface area contributed by atoms with Gasteiger partial charge in [0.1, 0.15) is 5.01 Å². The van der Waals surface area contributed by atoms with Crippen molar-refractivity contribution in [1.29, 1.82) is 0 Å². The molecular weight excluding hydrogens is 210 g/mol. The third-order valence-corrected chi connectivity index (χ3v) is 3.27. The molecule has 0 saturated heterocycles. The van der Waals surface area contributed by atoms with E-state index in [0.717, 1.165) is 23.9 Å². The zero-order valence-corrected chi connectivity index (χ0v) is 10.4. The first kappa shape index (κ1) is 12.6. The fraction of sp³-hybridized carbons (Fsp3) is 0.700. The topological polar surface area (TPSA) is 51.4 Å². The highest BCUT2D eigenvalue weighted by atomic mass is 32.1. The van der Waals surface area contributed by atoms with Crippen LogP contribution in [0.2, 0.25) is 0 Å². The normalized spacial score (nSPS) is 13.4. The average Bonchev–Trinajstić information content (AvgIpc) is 2.66. The molecule has 1 atom stereocenters. The highest BCUT2D eigenvalue weighted by Crippen LogP contribution is 2.11. The summed E-state index contributed by atoms with van der Waals surface area (Å²) in [5.41, 5.74) is 6.60. The molecular formula is C10H19N3OS. The van der Waals surface area contributed by atoms with E-state index in [1.807, 2.05) is 0 Å². The first-order valence-corrected chi connectivity index (χ1v) is 5.87. The fourth-order valence-electron chi connectivity index (χ4n) is 1.30. The number of nitrogens with zero attached hydrogens (tertiary/aromatic N) is 2. The second-order valence-corrected chi connectivity index (χ2v) is 4.60. The van der Waals surface area contributed by atoms with Crippen LogP contribution in [0.25, 0.3) is 0 Å². The van der Waals surface area contributed by atoms with E-state index in [0.29, 0.717) is 12.6 Å². The summed E-state index contributed by atoms with van der Waals surface area (Å²) in [6.07, 6.45) is 0. The second kappa shape index (κ2) is 6.17. The molecule has 0 amide bonds. The molecule has 0 aliphatic carbocycles. The maximum atomic E-state index is 5.52. The van der Waals surface area contributed by atoms with Crippen molar-refractivity contribution in [1.82, 2.24) is 9.88 Å². The van der Waals surface area contributed by atoms with Crippen molar-refractivity contribution in [2.45, 2.75) is 26.1 Å². The Labute approximate surface area is 95.1 Å². The molecule has 0 radical (unpaired) electrons. The summed E-state index contributed by atoms with van der Waals surface area (Å²) in [5, 5.41) is 3.07. The van der Waals surface area contributed by atoms with E-state index < -0.39 is 0 Å². The van der Waals surface area contributed by atoms with Gasteiger partial charge in [0.05, 0.1) is 12.3 Å². The van der Waals surface area contributed by atoms with Crippen LogP contribution in [-0.2, 0) is 17.8 Å². The molecule has 0 aliphatic rings. The molecule has 1 aromatic heterocycles. The number of hydrogen-bond acceptors (Lipinski definition) is 5. The Morgan fingerprint density at radius 2 is 2.40 bits per heavy atom. The Morgan fingerprint density at radius 3 is 2.93 bits per heavy atom. The van der Waals surface area contributed by atoms with E-state index in [2.05, 4.69) is 29.2 Å². The average molecular weight is 229 g/mol. The molecule has 0 aromatic carbocycles. The second-order valence-electron chi connectivity index (χ2n) is 3.66. The summed E-state index contributed by atoms with van der Waals surface area (Å²) in [6, 6.07) is 0.401. The zero-order valence-electron chi connectivity index (χ0n) is 9.56. The number of hydrogen-bond donors (Lipinski definition) is 1. The maximum absolute atomic E-state index is 5.52. The van der Waals surface area contributed by atoms with Crippen LogP contribution in [0.1, 0.15) is 17.6 Å². The van der Waals surface area contributed by atoms with Gasteiger partial charge in [-0.3, -0.25) is 4.90 Å². The van der Waals surface area contributed by atoms with E-state index in [9.17, 15) is 0 Å². The minimum atomic E-state index is 0.401. The van der Waals surface area contributed by atoms with Crippen molar-refractivity contribution in [3.63, 3.8) is 0 Å². The van der Waals surface area contributed by atoms with Gasteiger partial charge in [0.25, 0.3) is 0 Å². The molecule has 15 heavy (non-hydrogen) atoms. The lowest BCUT2D eigenvalue weighted by molar-refractivity contribution is 0.111. The molecule has 86 valence electrons. The zero-order chi connectivity index (χ0) is 11.3. The van der Waals surface area contributed by atoms with Crippen molar-refractivity contribution in [3.05, 3.63) is 16.1 Å². The molecule has 0 fully saturated rings. The van der Waals surface area contributed by atoms with E-state index >= 15 is 0 Å². The molecule has 1 unspecified atom stereocenters. The number of methoxy groups -OCH3 is 1. The fourth-order valence-corrected chi connectivity index (χ4v) is 1.96. The largest absolute Gasteiger partial charge is 0.383 e. The molecule has 2 N–H and O–H groups in total. The maximum Gasteiger partial charge on any atom is 0.106 e. The van der Waals surface area contributed by atoms with E-state index in [-0.39, 0.29) is 0 Å². The summed E-state index contributed by atoms with van der Waals surface area (Å²) in [6.45, 7) is 4.26. The Hall–Kier alpha value is -0.490. The smallest absolute Gasteiger partial charge is 0.106 e. The Morgan fingerprint density at radius 1 is 1.67 bits per heavy atom. The van der Waals surface area contributed by atoms with E-state index in [1.165, 1.54) is 0 Å². The lowest BCUT2D eigenvalue weighted by atomic mass is 10.3. The number of rotatable bonds is 6. The highest BCUT2D eigenvalue weighted by molar-refractivity contribution is 7.09. The van der Waals surface area contributed by atoms with E-state index in [4.69, 9.17) is 10.5 Å². The predicted molar refractivity (Wildman–Crippen MR) is 62.8 cm³/mol. The number of ether oxygens (including phenoxy) is 1. The van der Waals surface area contributed by atoms with Gasteiger partial charge >= 0.3 is 0 Å².